The summed E-state index contributed by atoms with van der Waals surface area (Å²) in [6.45, 7) is 3.05. The fraction of sp³-hybridized carbons (Fsp3) is 0.333. The minimum atomic E-state index is -4.63. The van der Waals surface area contributed by atoms with Crippen LogP contribution in [0.4, 0.5) is 25.1 Å². The van der Waals surface area contributed by atoms with Gasteiger partial charge in [0.15, 0.2) is 5.82 Å². The van der Waals surface area contributed by atoms with Gasteiger partial charge in [-0.05, 0) is 44.7 Å². The molecule has 2 aromatic rings. The summed E-state index contributed by atoms with van der Waals surface area (Å²) < 4.78 is 38.9. The average molecular weight is 406 g/mol. The third-order valence-electron chi connectivity index (χ3n) is 3.89. The van der Waals surface area contributed by atoms with Crippen molar-refractivity contribution in [3.8, 4) is 11.5 Å². The fourth-order valence-corrected chi connectivity index (χ4v) is 2.33. The van der Waals surface area contributed by atoms with Crippen molar-refractivity contribution in [2.24, 2.45) is 10.9 Å². The molecule has 1 fully saturated rings. The number of carboxylic acids is 1. The molecule has 0 bridgehead atoms. The molecular formula is C18H17F3N6O2. The van der Waals surface area contributed by atoms with E-state index in [1.165, 1.54) is 19.1 Å². The number of anilines is 1. The summed E-state index contributed by atoms with van der Waals surface area (Å²) in [6.07, 6.45) is -0.460. The lowest BCUT2D eigenvalue weighted by Gasteiger charge is -2.09. The van der Waals surface area contributed by atoms with Crippen LogP contribution in [-0.2, 0) is 11.0 Å². The van der Waals surface area contributed by atoms with Gasteiger partial charge in [-0.15, -0.1) is 0 Å². The van der Waals surface area contributed by atoms with E-state index in [-0.39, 0.29) is 29.1 Å². The number of hydrogen-bond donors (Lipinski definition) is 2. The Balaban J connectivity index is 2.04. The van der Waals surface area contributed by atoms with Crippen molar-refractivity contribution >= 4 is 23.6 Å². The number of hydrogen-bond acceptors (Lipinski definition) is 7. The number of alkyl halides is 3. The van der Waals surface area contributed by atoms with Crippen molar-refractivity contribution in [3.05, 3.63) is 35.7 Å². The van der Waals surface area contributed by atoms with Crippen molar-refractivity contribution in [1.29, 1.82) is 0 Å². The minimum Gasteiger partial charge on any atom is -0.477 e. The van der Waals surface area contributed by atoms with Crippen LogP contribution in [0.1, 0.15) is 32.4 Å². The van der Waals surface area contributed by atoms with Gasteiger partial charge in [-0.1, -0.05) is 12.1 Å². The summed E-state index contributed by atoms with van der Waals surface area (Å²) in [4.78, 5) is 30.5. The Bertz CT molecular complexity index is 999. The van der Waals surface area contributed by atoms with Crippen LogP contribution in [0.3, 0.4) is 0 Å². The van der Waals surface area contributed by atoms with Gasteiger partial charge in [-0.3, -0.25) is 0 Å². The SMILES string of the molecule is CC(=CC1CC1)Nc1nc(N=C(C)C(=O)O)nc(-c2cccc(C(F)(F)F)n2)n1. The van der Waals surface area contributed by atoms with Crippen LogP contribution in [0.5, 0.6) is 0 Å². The van der Waals surface area contributed by atoms with Gasteiger partial charge in [0, 0.05) is 5.70 Å². The molecule has 0 saturated heterocycles. The van der Waals surface area contributed by atoms with Crippen LogP contribution in [0.25, 0.3) is 11.5 Å². The van der Waals surface area contributed by atoms with Gasteiger partial charge < -0.3 is 10.4 Å². The Kier molecular flexibility index (Phi) is 5.57. The second kappa shape index (κ2) is 7.94. The number of pyridine rings is 1. The molecule has 0 spiro atoms. The van der Waals surface area contributed by atoms with Crippen LogP contribution >= 0.6 is 0 Å². The smallest absolute Gasteiger partial charge is 0.433 e. The summed E-state index contributed by atoms with van der Waals surface area (Å²) in [6, 6.07) is 3.34. The van der Waals surface area contributed by atoms with Gasteiger partial charge in [-0.2, -0.15) is 28.1 Å². The number of carbonyl (C=O) groups is 1. The van der Waals surface area contributed by atoms with E-state index in [1.807, 2.05) is 6.08 Å². The summed E-state index contributed by atoms with van der Waals surface area (Å²) in [7, 11) is 0. The number of aliphatic carboxylic acids is 1. The predicted molar refractivity (Wildman–Crippen MR) is 98.6 cm³/mol. The average Bonchev–Trinajstić information content (AvgIpc) is 3.44. The van der Waals surface area contributed by atoms with Gasteiger partial charge in [0.05, 0.1) is 0 Å². The van der Waals surface area contributed by atoms with Gasteiger partial charge in [0.25, 0.3) is 5.95 Å². The Morgan fingerprint density at radius 2 is 1.93 bits per heavy atom. The van der Waals surface area contributed by atoms with Gasteiger partial charge in [0.1, 0.15) is 17.1 Å². The van der Waals surface area contributed by atoms with Crippen molar-refractivity contribution in [3.63, 3.8) is 0 Å². The molecule has 2 N–H and O–H groups in total. The summed E-state index contributed by atoms with van der Waals surface area (Å²) in [5.74, 6) is -1.19. The maximum Gasteiger partial charge on any atom is 0.433 e. The molecule has 0 aromatic carbocycles. The topological polar surface area (TPSA) is 113 Å². The van der Waals surface area contributed by atoms with E-state index in [2.05, 4.69) is 30.2 Å². The van der Waals surface area contributed by atoms with Crippen molar-refractivity contribution in [1.82, 2.24) is 19.9 Å². The minimum absolute atomic E-state index is 0.0283. The molecule has 2 heterocycles. The van der Waals surface area contributed by atoms with E-state index >= 15 is 0 Å². The summed E-state index contributed by atoms with van der Waals surface area (Å²) >= 11 is 0. The molecule has 8 nitrogen and oxygen atoms in total. The standard InChI is InChI=1S/C18H17F3N6O2/c1-9(8-11-6-7-11)22-16-25-14(26-17(27-16)23-10(2)15(28)29)12-4-3-5-13(24-12)18(19,20)21/h3-5,8,11H,6-7H2,1-2H3,(H,28,29)(H,22,25,26,27). The van der Waals surface area contributed by atoms with Crippen LogP contribution in [-0.4, -0.2) is 36.7 Å². The predicted octanol–water partition coefficient (Wildman–Crippen LogP) is 3.86. The van der Waals surface area contributed by atoms with Crippen molar-refractivity contribution in [2.75, 3.05) is 5.32 Å². The van der Waals surface area contributed by atoms with Gasteiger partial charge in [-0.25, -0.2) is 14.8 Å². The zero-order valence-electron chi connectivity index (χ0n) is 15.5. The Morgan fingerprint density at radius 3 is 2.55 bits per heavy atom. The number of rotatable bonds is 6. The van der Waals surface area contributed by atoms with Gasteiger partial charge in [0.2, 0.25) is 5.95 Å². The molecule has 0 amide bonds. The lowest BCUT2D eigenvalue weighted by atomic mass is 10.3. The molecule has 152 valence electrons. The third kappa shape index (κ3) is 5.56. The fourth-order valence-electron chi connectivity index (χ4n) is 2.33. The molecule has 0 aliphatic heterocycles. The molecule has 3 rings (SSSR count). The van der Waals surface area contributed by atoms with E-state index in [4.69, 9.17) is 5.11 Å². The molecule has 1 aliphatic carbocycles. The number of allylic oxidation sites excluding steroid dienone is 2. The number of aromatic nitrogens is 4. The first kappa shape index (κ1) is 20.4. The zero-order chi connectivity index (χ0) is 21.2. The first-order chi connectivity index (χ1) is 13.6. The van der Waals surface area contributed by atoms with E-state index in [0.29, 0.717) is 5.92 Å². The lowest BCUT2D eigenvalue weighted by Crippen LogP contribution is -2.10. The van der Waals surface area contributed by atoms with E-state index < -0.39 is 17.8 Å². The highest BCUT2D eigenvalue weighted by molar-refractivity contribution is 6.35. The highest BCUT2D eigenvalue weighted by Crippen LogP contribution is 2.32. The normalized spacial score (nSPS) is 15.3. The van der Waals surface area contributed by atoms with E-state index in [0.717, 1.165) is 24.6 Å². The van der Waals surface area contributed by atoms with Crippen LogP contribution < -0.4 is 5.32 Å². The third-order valence-corrected chi connectivity index (χ3v) is 3.89. The molecular weight excluding hydrogens is 389 g/mol. The number of carboxylic acid groups (broad SMARTS) is 1. The zero-order valence-corrected chi connectivity index (χ0v) is 15.5. The first-order valence-corrected chi connectivity index (χ1v) is 8.66. The molecule has 0 radical (unpaired) electrons. The van der Waals surface area contributed by atoms with Crippen LogP contribution in [0, 0.1) is 5.92 Å². The molecule has 29 heavy (non-hydrogen) atoms. The van der Waals surface area contributed by atoms with Crippen molar-refractivity contribution < 1.29 is 23.1 Å². The Hall–Kier alpha value is -3.37. The molecule has 0 atom stereocenters. The summed E-state index contributed by atoms with van der Waals surface area (Å²) in [5, 5.41) is 12.0. The number of nitrogens with zero attached hydrogens (tertiary/aromatic N) is 5. The second-order valence-electron chi connectivity index (χ2n) is 6.50. The lowest BCUT2D eigenvalue weighted by molar-refractivity contribution is -0.141. The highest BCUT2D eigenvalue weighted by atomic mass is 19.4. The van der Waals surface area contributed by atoms with E-state index in [1.54, 1.807) is 6.92 Å². The monoisotopic (exact) mass is 406 g/mol. The highest BCUT2D eigenvalue weighted by Gasteiger charge is 2.32. The van der Waals surface area contributed by atoms with Gasteiger partial charge >= 0.3 is 12.1 Å². The number of halogens is 3. The molecule has 0 unspecified atom stereocenters. The molecule has 11 heteroatoms. The maximum absolute atomic E-state index is 13.0. The van der Waals surface area contributed by atoms with Crippen molar-refractivity contribution in [2.45, 2.75) is 32.9 Å². The summed E-state index contributed by atoms with van der Waals surface area (Å²) in [5.41, 5.74) is -0.762. The number of nitrogens with one attached hydrogen (secondary N) is 1. The molecule has 2 aromatic heterocycles. The van der Waals surface area contributed by atoms with E-state index in [9.17, 15) is 18.0 Å². The molecule has 1 aliphatic rings. The van der Waals surface area contributed by atoms with Crippen LogP contribution in [0.2, 0.25) is 0 Å². The Labute approximate surface area is 163 Å². The number of aliphatic imine (C=N–C) groups is 1. The molecule has 1 saturated carbocycles. The maximum atomic E-state index is 13.0. The second-order valence-corrected chi connectivity index (χ2v) is 6.50. The first-order valence-electron chi connectivity index (χ1n) is 8.66. The quantitative estimate of drug-likeness (QED) is 0.701. The largest absolute Gasteiger partial charge is 0.477 e. The van der Waals surface area contributed by atoms with Crippen LogP contribution in [0.15, 0.2) is 35.0 Å². The Morgan fingerprint density at radius 1 is 1.21 bits per heavy atom.